The number of nitrogens with zero attached hydrogens (tertiary/aromatic N) is 2. The van der Waals surface area contributed by atoms with Gasteiger partial charge in [-0.3, -0.25) is 10.1 Å². The summed E-state index contributed by atoms with van der Waals surface area (Å²) in [5.41, 5.74) is -0.465. The SMILES string of the molecule is O=[N+]([O-])c1ccccc1S(=O)(=O)N1CC2(CCNCC2)[C@@H]2COC[C@@H]21. The summed E-state index contributed by atoms with van der Waals surface area (Å²) in [5, 5.41) is 14.6. The number of sulfonamides is 1. The largest absolute Gasteiger partial charge is 0.379 e. The fourth-order valence-electron chi connectivity index (χ4n) is 4.63. The Labute approximate surface area is 146 Å². The lowest BCUT2D eigenvalue weighted by Crippen LogP contribution is -2.43. The molecule has 8 nitrogen and oxygen atoms in total. The van der Waals surface area contributed by atoms with Gasteiger partial charge in [0.25, 0.3) is 5.69 Å². The first kappa shape index (κ1) is 16.9. The van der Waals surface area contributed by atoms with Crippen LogP contribution in [-0.4, -0.2) is 56.5 Å². The predicted octanol–water partition coefficient (Wildman–Crippen LogP) is 0.984. The van der Waals surface area contributed by atoms with Crippen LogP contribution in [0.1, 0.15) is 12.8 Å². The normalized spacial score (nSPS) is 29.0. The third kappa shape index (κ3) is 2.57. The Bertz CT molecular complexity index is 791. The molecule has 0 aromatic heterocycles. The lowest BCUT2D eigenvalue weighted by atomic mass is 9.70. The van der Waals surface area contributed by atoms with E-state index in [0.29, 0.717) is 19.8 Å². The summed E-state index contributed by atoms with van der Waals surface area (Å²) in [5.74, 6) is 0.159. The van der Waals surface area contributed by atoms with Crippen LogP contribution in [0, 0.1) is 21.4 Å². The van der Waals surface area contributed by atoms with E-state index < -0.39 is 14.9 Å². The first-order chi connectivity index (χ1) is 12.0. The molecule has 0 saturated carbocycles. The second kappa shape index (κ2) is 6.01. The maximum absolute atomic E-state index is 13.3. The van der Waals surface area contributed by atoms with Crippen molar-refractivity contribution in [3.8, 4) is 0 Å². The van der Waals surface area contributed by atoms with Gasteiger partial charge < -0.3 is 10.1 Å². The number of piperidine rings is 1. The van der Waals surface area contributed by atoms with Crippen molar-refractivity contribution >= 4 is 15.7 Å². The van der Waals surface area contributed by atoms with Gasteiger partial charge in [-0.15, -0.1) is 0 Å². The number of ether oxygens (including phenoxy) is 1. The van der Waals surface area contributed by atoms with E-state index in [2.05, 4.69) is 5.32 Å². The zero-order valence-electron chi connectivity index (χ0n) is 13.8. The van der Waals surface area contributed by atoms with E-state index in [1.54, 1.807) is 0 Å². The molecule has 3 fully saturated rings. The molecule has 1 N–H and O–H groups in total. The van der Waals surface area contributed by atoms with Crippen LogP contribution in [0.15, 0.2) is 29.2 Å². The van der Waals surface area contributed by atoms with Crippen molar-refractivity contribution in [2.24, 2.45) is 11.3 Å². The number of rotatable bonds is 3. The molecule has 3 aliphatic heterocycles. The Morgan fingerprint density at radius 2 is 1.96 bits per heavy atom. The average molecular weight is 367 g/mol. The minimum Gasteiger partial charge on any atom is -0.379 e. The molecule has 0 amide bonds. The van der Waals surface area contributed by atoms with Crippen LogP contribution in [0.25, 0.3) is 0 Å². The molecular weight excluding hydrogens is 346 g/mol. The molecule has 1 spiro atoms. The number of hydrogen-bond donors (Lipinski definition) is 1. The Morgan fingerprint density at radius 1 is 1.24 bits per heavy atom. The summed E-state index contributed by atoms with van der Waals surface area (Å²) >= 11 is 0. The number of nitro groups is 1. The molecule has 0 unspecified atom stereocenters. The van der Waals surface area contributed by atoms with E-state index in [4.69, 9.17) is 4.74 Å². The van der Waals surface area contributed by atoms with E-state index in [1.807, 2.05) is 0 Å². The van der Waals surface area contributed by atoms with E-state index in [-0.39, 0.29) is 28.0 Å². The second-order valence-corrected chi connectivity index (χ2v) is 8.96. The molecule has 0 aliphatic carbocycles. The molecule has 25 heavy (non-hydrogen) atoms. The first-order valence-electron chi connectivity index (χ1n) is 8.49. The van der Waals surface area contributed by atoms with Gasteiger partial charge in [0.05, 0.1) is 24.2 Å². The lowest BCUT2D eigenvalue weighted by Gasteiger charge is -2.37. The van der Waals surface area contributed by atoms with Crippen molar-refractivity contribution < 1.29 is 18.1 Å². The molecule has 0 radical (unpaired) electrons. The minimum absolute atomic E-state index is 0.0942. The Kier molecular flexibility index (Phi) is 4.06. The maximum atomic E-state index is 13.3. The van der Waals surface area contributed by atoms with Crippen LogP contribution < -0.4 is 5.32 Å². The number of fused-ring (bicyclic) bond motifs is 2. The number of nitrogens with one attached hydrogen (secondary N) is 1. The molecule has 3 saturated heterocycles. The van der Waals surface area contributed by atoms with Crippen LogP contribution >= 0.6 is 0 Å². The average Bonchev–Trinajstić information content (AvgIpc) is 3.19. The molecular formula is C16H21N3O5S. The minimum atomic E-state index is -3.95. The van der Waals surface area contributed by atoms with Gasteiger partial charge in [0, 0.05) is 18.5 Å². The highest BCUT2D eigenvalue weighted by Gasteiger charge is 2.58. The summed E-state index contributed by atoms with van der Waals surface area (Å²) in [4.78, 5) is 10.4. The van der Waals surface area contributed by atoms with Gasteiger partial charge in [0.1, 0.15) is 0 Å². The van der Waals surface area contributed by atoms with Crippen molar-refractivity contribution in [3.63, 3.8) is 0 Å². The van der Waals surface area contributed by atoms with Gasteiger partial charge in [-0.05, 0) is 37.4 Å². The topological polar surface area (TPSA) is 102 Å². The third-order valence-corrected chi connectivity index (χ3v) is 7.84. The second-order valence-electron chi connectivity index (χ2n) is 7.10. The summed E-state index contributed by atoms with van der Waals surface area (Å²) in [6, 6.07) is 5.34. The fourth-order valence-corrected chi connectivity index (χ4v) is 6.53. The smallest absolute Gasteiger partial charge is 0.289 e. The number of nitro benzene ring substituents is 1. The molecule has 9 heteroatoms. The summed E-state index contributed by atoms with van der Waals surface area (Å²) in [6.07, 6.45) is 1.81. The Balaban J connectivity index is 1.75. The van der Waals surface area contributed by atoms with Crippen LogP contribution in [-0.2, 0) is 14.8 Å². The molecule has 4 rings (SSSR count). The summed E-state index contributed by atoms with van der Waals surface area (Å²) < 4.78 is 33.6. The predicted molar refractivity (Wildman–Crippen MR) is 89.6 cm³/mol. The van der Waals surface area contributed by atoms with Gasteiger partial charge in [-0.2, -0.15) is 4.31 Å². The number of para-hydroxylation sites is 1. The van der Waals surface area contributed by atoms with Crippen LogP contribution in [0.3, 0.4) is 0 Å². The summed E-state index contributed by atoms with van der Waals surface area (Å²) in [7, 11) is -3.95. The van der Waals surface area contributed by atoms with E-state index >= 15 is 0 Å². The van der Waals surface area contributed by atoms with Crippen molar-refractivity contribution in [2.45, 2.75) is 23.8 Å². The van der Waals surface area contributed by atoms with Crippen molar-refractivity contribution in [1.82, 2.24) is 9.62 Å². The highest BCUT2D eigenvalue weighted by Crippen LogP contribution is 2.51. The zero-order valence-corrected chi connectivity index (χ0v) is 14.6. The van der Waals surface area contributed by atoms with Gasteiger partial charge in [0.2, 0.25) is 10.0 Å². The molecule has 3 aliphatic rings. The quantitative estimate of drug-likeness (QED) is 0.631. The van der Waals surface area contributed by atoms with Crippen molar-refractivity contribution in [3.05, 3.63) is 34.4 Å². The zero-order chi connectivity index (χ0) is 17.7. The molecule has 3 heterocycles. The molecule has 0 bridgehead atoms. The van der Waals surface area contributed by atoms with Crippen molar-refractivity contribution in [2.75, 3.05) is 32.8 Å². The van der Waals surface area contributed by atoms with E-state index in [1.165, 1.54) is 28.6 Å². The maximum Gasteiger partial charge on any atom is 0.289 e. The Hall–Kier alpha value is -1.55. The lowest BCUT2D eigenvalue weighted by molar-refractivity contribution is -0.387. The van der Waals surface area contributed by atoms with E-state index in [0.717, 1.165) is 25.9 Å². The molecule has 1 aromatic carbocycles. The van der Waals surface area contributed by atoms with Crippen molar-refractivity contribution in [1.29, 1.82) is 0 Å². The summed E-state index contributed by atoms with van der Waals surface area (Å²) in [6.45, 7) is 3.07. The first-order valence-corrected chi connectivity index (χ1v) is 9.93. The van der Waals surface area contributed by atoms with Crippen LogP contribution in [0.5, 0.6) is 0 Å². The van der Waals surface area contributed by atoms with Gasteiger partial charge in [-0.25, -0.2) is 8.42 Å². The molecule has 136 valence electrons. The molecule has 1 aromatic rings. The Morgan fingerprint density at radius 3 is 2.68 bits per heavy atom. The number of hydrogen-bond acceptors (Lipinski definition) is 6. The van der Waals surface area contributed by atoms with Gasteiger partial charge in [-0.1, -0.05) is 12.1 Å². The van der Waals surface area contributed by atoms with Gasteiger partial charge >= 0.3 is 0 Å². The molecule has 2 atom stereocenters. The van der Waals surface area contributed by atoms with Crippen LogP contribution in [0.2, 0.25) is 0 Å². The van der Waals surface area contributed by atoms with Gasteiger partial charge in [0.15, 0.2) is 4.90 Å². The standard InChI is InChI=1S/C16H21N3O5S/c20-19(21)13-3-1-2-4-15(13)25(22,23)18-11-16(5-7-17-8-6-16)12-9-24-10-14(12)18/h1-4,12,14,17H,5-11H2/t12-,14+/m1/s1. The van der Waals surface area contributed by atoms with E-state index in [9.17, 15) is 18.5 Å². The number of benzene rings is 1. The third-order valence-electron chi connectivity index (χ3n) is 5.93. The monoisotopic (exact) mass is 367 g/mol. The highest BCUT2D eigenvalue weighted by molar-refractivity contribution is 7.89. The fraction of sp³-hybridized carbons (Fsp3) is 0.625. The highest BCUT2D eigenvalue weighted by atomic mass is 32.2. The van der Waals surface area contributed by atoms with Crippen LogP contribution in [0.4, 0.5) is 5.69 Å².